The van der Waals surface area contributed by atoms with E-state index in [1.165, 1.54) is 11.8 Å². The normalized spacial score (nSPS) is 23.9. The highest BCUT2D eigenvalue weighted by Crippen LogP contribution is 2.37. The van der Waals surface area contributed by atoms with Crippen LogP contribution in [0.25, 0.3) is 0 Å². The first-order valence-electron chi connectivity index (χ1n) is 5.81. The van der Waals surface area contributed by atoms with Gasteiger partial charge in [0.05, 0.1) is 10.8 Å². The molecule has 2 rings (SSSR count). The number of carbonyl (C=O) groups excluding carboxylic acids is 1. The van der Waals surface area contributed by atoms with Crippen molar-refractivity contribution in [2.75, 3.05) is 0 Å². The number of halogens is 4. The van der Waals surface area contributed by atoms with Gasteiger partial charge in [-0.2, -0.15) is 13.2 Å². The fourth-order valence-electron chi connectivity index (χ4n) is 2.18. The van der Waals surface area contributed by atoms with Crippen LogP contribution in [0.3, 0.4) is 0 Å². The molecule has 0 saturated carbocycles. The van der Waals surface area contributed by atoms with Crippen molar-refractivity contribution >= 4 is 17.5 Å². The van der Waals surface area contributed by atoms with Gasteiger partial charge in [-0.15, -0.1) is 11.8 Å². The first-order chi connectivity index (χ1) is 8.77. The van der Waals surface area contributed by atoms with E-state index in [1.807, 2.05) is 0 Å². The van der Waals surface area contributed by atoms with Gasteiger partial charge in [-0.25, -0.2) is 4.39 Å². The number of carbonyl (C=O) groups is 1. The van der Waals surface area contributed by atoms with Crippen molar-refractivity contribution in [3.8, 4) is 0 Å². The van der Waals surface area contributed by atoms with Gasteiger partial charge in [0, 0.05) is 11.7 Å². The number of hydrogen-bond donors (Lipinski definition) is 0. The van der Waals surface area contributed by atoms with Gasteiger partial charge in [0.1, 0.15) is 11.6 Å². The maximum absolute atomic E-state index is 13.1. The molecule has 1 saturated heterocycles. The topological polar surface area (TPSA) is 17.1 Å². The summed E-state index contributed by atoms with van der Waals surface area (Å²) in [6.45, 7) is 1.74. The van der Waals surface area contributed by atoms with Crippen LogP contribution in [-0.2, 0) is 17.4 Å². The van der Waals surface area contributed by atoms with Crippen molar-refractivity contribution in [1.29, 1.82) is 0 Å². The van der Waals surface area contributed by atoms with E-state index in [-0.39, 0.29) is 34.7 Å². The Bertz CT molecular complexity index is 498. The molecule has 1 aliphatic rings. The summed E-state index contributed by atoms with van der Waals surface area (Å²) in [6, 6.07) is 2.48. The first kappa shape index (κ1) is 14.4. The largest absolute Gasteiger partial charge is 0.416 e. The summed E-state index contributed by atoms with van der Waals surface area (Å²) >= 11 is 1.35. The second-order valence-corrected chi connectivity index (χ2v) is 6.22. The number of thioether (sulfide) groups is 1. The van der Waals surface area contributed by atoms with Crippen LogP contribution in [0.1, 0.15) is 24.5 Å². The molecule has 6 heteroatoms. The fourth-order valence-corrected chi connectivity index (χ4v) is 3.54. The van der Waals surface area contributed by atoms with Gasteiger partial charge in [0.15, 0.2) is 0 Å². The number of ketones is 1. The van der Waals surface area contributed by atoms with E-state index in [2.05, 4.69) is 0 Å². The quantitative estimate of drug-likeness (QED) is 0.770. The standard InChI is InChI=1S/C13H12F4OS/c1-7-12(18)6-10(19-7)5-8-4-9(14)2-3-11(8)13(15,16)17/h2-4,7,10H,5-6H2,1H3. The van der Waals surface area contributed by atoms with Crippen molar-refractivity contribution < 1.29 is 22.4 Å². The van der Waals surface area contributed by atoms with E-state index in [0.717, 1.165) is 18.2 Å². The summed E-state index contributed by atoms with van der Waals surface area (Å²) in [5.41, 5.74) is -0.895. The van der Waals surface area contributed by atoms with Crippen LogP contribution in [0.4, 0.5) is 17.6 Å². The van der Waals surface area contributed by atoms with Crippen LogP contribution in [0, 0.1) is 5.82 Å². The minimum Gasteiger partial charge on any atom is -0.298 e. The maximum atomic E-state index is 13.1. The molecule has 1 heterocycles. The zero-order valence-corrected chi connectivity index (χ0v) is 10.9. The van der Waals surface area contributed by atoms with Gasteiger partial charge in [-0.3, -0.25) is 4.79 Å². The van der Waals surface area contributed by atoms with Crippen LogP contribution in [0.15, 0.2) is 18.2 Å². The average molecular weight is 292 g/mol. The summed E-state index contributed by atoms with van der Waals surface area (Å²) in [5.74, 6) is -0.648. The summed E-state index contributed by atoms with van der Waals surface area (Å²) in [4.78, 5) is 11.4. The number of hydrogen-bond acceptors (Lipinski definition) is 2. The molecule has 1 aromatic rings. The Morgan fingerprint density at radius 2 is 2.05 bits per heavy atom. The zero-order valence-electron chi connectivity index (χ0n) is 10.1. The predicted octanol–water partition coefficient (Wildman–Crippen LogP) is 3.85. The van der Waals surface area contributed by atoms with Crippen molar-refractivity contribution in [3.05, 3.63) is 35.1 Å². The van der Waals surface area contributed by atoms with E-state index in [1.54, 1.807) is 6.92 Å². The van der Waals surface area contributed by atoms with Crippen molar-refractivity contribution in [1.82, 2.24) is 0 Å². The lowest BCUT2D eigenvalue weighted by Gasteiger charge is -2.15. The Kier molecular flexibility index (Phi) is 3.90. The van der Waals surface area contributed by atoms with Gasteiger partial charge in [-0.1, -0.05) is 0 Å². The van der Waals surface area contributed by atoms with E-state index >= 15 is 0 Å². The number of rotatable bonds is 2. The van der Waals surface area contributed by atoms with Gasteiger partial charge < -0.3 is 0 Å². The average Bonchev–Trinajstić information content (AvgIpc) is 2.56. The fraction of sp³-hybridized carbons (Fsp3) is 0.462. The minimum atomic E-state index is -4.50. The van der Waals surface area contributed by atoms with Crippen molar-refractivity contribution in [2.45, 2.75) is 36.4 Å². The van der Waals surface area contributed by atoms with Crippen LogP contribution >= 0.6 is 11.8 Å². The van der Waals surface area contributed by atoms with Crippen LogP contribution in [-0.4, -0.2) is 16.3 Å². The highest BCUT2D eigenvalue weighted by Gasteiger charge is 2.36. The summed E-state index contributed by atoms with van der Waals surface area (Å²) in [5, 5.41) is -0.390. The smallest absolute Gasteiger partial charge is 0.298 e. The molecule has 0 aliphatic carbocycles. The van der Waals surface area contributed by atoms with E-state index in [0.29, 0.717) is 0 Å². The Hall–Kier alpha value is -1.04. The zero-order chi connectivity index (χ0) is 14.2. The molecular formula is C13H12F4OS. The van der Waals surface area contributed by atoms with Crippen LogP contribution in [0.5, 0.6) is 0 Å². The van der Waals surface area contributed by atoms with Crippen molar-refractivity contribution in [2.24, 2.45) is 0 Å². The lowest BCUT2D eigenvalue weighted by Crippen LogP contribution is -2.13. The van der Waals surface area contributed by atoms with Crippen LogP contribution < -0.4 is 0 Å². The van der Waals surface area contributed by atoms with Gasteiger partial charge in [-0.05, 0) is 37.1 Å². The Morgan fingerprint density at radius 3 is 2.58 bits per heavy atom. The second kappa shape index (κ2) is 5.15. The highest BCUT2D eigenvalue weighted by atomic mass is 32.2. The molecule has 0 N–H and O–H groups in total. The first-order valence-corrected chi connectivity index (χ1v) is 6.75. The number of benzene rings is 1. The Labute approximate surface area is 112 Å². The van der Waals surface area contributed by atoms with Gasteiger partial charge in [0.2, 0.25) is 0 Å². The van der Waals surface area contributed by atoms with Gasteiger partial charge in [0.25, 0.3) is 0 Å². The third-order valence-electron chi connectivity index (χ3n) is 3.10. The number of alkyl halides is 3. The third-order valence-corrected chi connectivity index (χ3v) is 4.49. The molecule has 1 aliphatic heterocycles. The predicted molar refractivity (Wildman–Crippen MR) is 65.6 cm³/mol. The van der Waals surface area contributed by atoms with E-state index in [4.69, 9.17) is 0 Å². The summed E-state index contributed by atoms with van der Waals surface area (Å²) in [6.07, 6.45) is -4.19. The van der Waals surface area contributed by atoms with Crippen molar-refractivity contribution in [3.63, 3.8) is 0 Å². The summed E-state index contributed by atoms with van der Waals surface area (Å²) in [7, 11) is 0. The van der Waals surface area contributed by atoms with E-state index < -0.39 is 17.6 Å². The third kappa shape index (κ3) is 3.29. The maximum Gasteiger partial charge on any atom is 0.416 e. The lowest BCUT2D eigenvalue weighted by atomic mass is 10.00. The molecule has 1 aromatic carbocycles. The molecule has 0 radical (unpaired) electrons. The monoisotopic (exact) mass is 292 g/mol. The molecule has 0 aromatic heterocycles. The molecule has 0 amide bonds. The molecule has 104 valence electrons. The molecule has 1 nitrogen and oxygen atoms in total. The van der Waals surface area contributed by atoms with Crippen LogP contribution in [0.2, 0.25) is 0 Å². The Balaban J connectivity index is 2.24. The minimum absolute atomic E-state index is 0.0416. The SMILES string of the molecule is CC1SC(Cc2cc(F)ccc2C(F)(F)F)CC1=O. The highest BCUT2D eigenvalue weighted by molar-refractivity contribution is 8.01. The molecule has 0 spiro atoms. The summed E-state index contributed by atoms with van der Waals surface area (Å²) < 4.78 is 51.6. The van der Waals surface area contributed by atoms with Gasteiger partial charge >= 0.3 is 6.18 Å². The molecular weight excluding hydrogens is 280 g/mol. The molecule has 2 atom stereocenters. The molecule has 2 unspecified atom stereocenters. The second-order valence-electron chi connectivity index (χ2n) is 4.57. The number of Topliss-reactive ketones (excluding diaryl/α,β-unsaturated/α-hetero) is 1. The molecule has 19 heavy (non-hydrogen) atoms. The Morgan fingerprint density at radius 1 is 1.37 bits per heavy atom. The molecule has 1 fully saturated rings. The molecule has 0 bridgehead atoms. The van der Waals surface area contributed by atoms with E-state index in [9.17, 15) is 22.4 Å². The lowest BCUT2D eigenvalue weighted by molar-refractivity contribution is -0.138.